The average Bonchev–Trinajstić information content (AvgIpc) is 2.18. The van der Waals surface area contributed by atoms with E-state index in [-0.39, 0.29) is 5.15 Å². The SMILES string of the molecule is O=C(CCC(F)(F)F)Nc1ccc(Cl)nc1. The van der Waals surface area contributed by atoms with E-state index in [4.69, 9.17) is 11.6 Å². The van der Waals surface area contributed by atoms with Crippen LogP contribution in [0.1, 0.15) is 12.8 Å². The fourth-order valence-electron chi connectivity index (χ4n) is 0.929. The van der Waals surface area contributed by atoms with Crippen molar-refractivity contribution in [2.75, 3.05) is 5.32 Å². The lowest BCUT2D eigenvalue weighted by Gasteiger charge is -2.06. The highest BCUT2D eigenvalue weighted by atomic mass is 35.5. The number of carbonyl (C=O) groups is 1. The summed E-state index contributed by atoms with van der Waals surface area (Å²) in [6.45, 7) is 0. The second-order valence-electron chi connectivity index (χ2n) is 3.03. The Hall–Kier alpha value is -1.30. The highest BCUT2D eigenvalue weighted by Crippen LogP contribution is 2.21. The Bertz CT molecular complexity index is 364. The van der Waals surface area contributed by atoms with Gasteiger partial charge < -0.3 is 5.32 Å². The van der Waals surface area contributed by atoms with Crippen LogP contribution in [0.3, 0.4) is 0 Å². The second kappa shape index (κ2) is 5.16. The molecule has 1 N–H and O–H groups in total. The van der Waals surface area contributed by atoms with Gasteiger partial charge in [0.1, 0.15) is 5.15 Å². The number of aromatic nitrogens is 1. The minimum Gasteiger partial charge on any atom is -0.325 e. The molecule has 0 unspecified atom stereocenters. The molecule has 1 rings (SSSR count). The first-order chi connectivity index (χ1) is 7.37. The van der Waals surface area contributed by atoms with Gasteiger partial charge in [0.2, 0.25) is 5.91 Å². The van der Waals surface area contributed by atoms with Gasteiger partial charge in [-0.2, -0.15) is 13.2 Å². The van der Waals surface area contributed by atoms with Gasteiger partial charge in [0.25, 0.3) is 0 Å². The van der Waals surface area contributed by atoms with E-state index in [9.17, 15) is 18.0 Å². The molecule has 0 aliphatic heterocycles. The van der Waals surface area contributed by atoms with Crippen LogP contribution < -0.4 is 5.32 Å². The first-order valence-electron chi connectivity index (χ1n) is 4.35. The lowest BCUT2D eigenvalue weighted by Crippen LogP contribution is -2.16. The molecule has 0 bridgehead atoms. The highest BCUT2D eigenvalue weighted by Gasteiger charge is 2.27. The molecule has 0 saturated carbocycles. The minimum absolute atomic E-state index is 0.244. The molecule has 7 heteroatoms. The van der Waals surface area contributed by atoms with Gasteiger partial charge >= 0.3 is 6.18 Å². The maximum atomic E-state index is 11.8. The molecule has 16 heavy (non-hydrogen) atoms. The predicted octanol–water partition coefficient (Wildman–Crippen LogP) is 3.02. The number of rotatable bonds is 3. The van der Waals surface area contributed by atoms with Gasteiger partial charge in [-0.3, -0.25) is 4.79 Å². The van der Waals surface area contributed by atoms with E-state index in [1.807, 2.05) is 0 Å². The molecule has 0 aliphatic rings. The smallest absolute Gasteiger partial charge is 0.325 e. The molecule has 3 nitrogen and oxygen atoms in total. The van der Waals surface area contributed by atoms with Crippen LogP contribution in [0.2, 0.25) is 5.15 Å². The molecule has 1 aromatic heterocycles. The third-order valence-electron chi connectivity index (χ3n) is 1.65. The number of nitrogens with zero attached hydrogens (tertiary/aromatic N) is 1. The lowest BCUT2D eigenvalue weighted by molar-refractivity contribution is -0.142. The average molecular weight is 253 g/mol. The number of nitrogens with one attached hydrogen (secondary N) is 1. The standard InChI is InChI=1S/C9H8ClF3N2O/c10-7-2-1-6(5-14-7)15-8(16)3-4-9(11,12)13/h1-2,5H,3-4H2,(H,15,16). The van der Waals surface area contributed by atoms with Crippen molar-refractivity contribution in [2.45, 2.75) is 19.0 Å². The zero-order valence-electron chi connectivity index (χ0n) is 8.01. The quantitative estimate of drug-likeness (QED) is 0.840. The molecule has 0 radical (unpaired) electrons. The van der Waals surface area contributed by atoms with E-state index >= 15 is 0 Å². The Morgan fingerprint density at radius 2 is 2.12 bits per heavy atom. The lowest BCUT2D eigenvalue weighted by atomic mass is 10.3. The van der Waals surface area contributed by atoms with E-state index in [2.05, 4.69) is 10.3 Å². The van der Waals surface area contributed by atoms with Gasteiger partial charge in [-0.15, -0.1) is 0 Å². The first kappa shape index (κ1) is 12.8. The fraction of sp³-hybridized carbons (Fsp3) is 0.333. The van der Waals surface area contributed by atoms with Gasteiger partial charge in [0.15, 0.2) is 0 Å². The van der Waals surface area contributed by atoms with Crippen molar-refractivity contribution in [1.29, 1.82) is 0 Å². The zero-order valence-corrected chi connectivity index (χ0v) is 8.77. The van der Waals surface area contributed by atoms with Crippen LogP contribution in [0.25, 0.3) is 0 Å². The monoisotopic (exact) mass is 252 g/mol. The van der Waals surface area contributed by atoms with Gasteiger partial charge in [-0.1, -0.05) is 11.6 Å². The number of hydrogen-bond acceptors (Lipinski definition) is 2. The van der Waals surface area contributed by atoms with Crippen LogP contribution >= 0.6 is 11.6 Å². The van der Waals surface area contributed by atoms with Crippen LogP contribution in [0, 0.1) is 0 Å². The van der Waals surface area contributed by atoms with Gasteiger partial charge in [-0.25, -0.2) is 4.98 Å². The molecule has 0 atom stereocenters. The maximum Gasteiger partial charge on any atom is 0.389 e. The highest BCUT2D eigenvalue weighted by molar-refractivity contribution is 6.29. The van der Waals surface area contributed by atoms with Crippen LogP contribution in [-0.4, -0.2) is 17.1 Å². The van der Waals surface area contributed by atoms with E-state index in [1.54, 1.807) is 0 Å². The van der Waals surface area contributed by atoms with Crippen molar-refractivity contribution >= 4 is 23.2 Å². The van der Waals surface area contributed by atoms with E-state index in [1.165, 1.54) is 18.3 Å². The summed E-state index contributed by atoms with van der Waals surface area (Å²) in [5.74, 6) is -0.707. The van der Waals surface area contributed by atoms with Crippen LogP contribution in [0.4, 0.5) is 18.9 Å². The Kier molecular flexibility index (Phi) is 4.12. The number of alkyl halides is 3. The van der Waals surface area contributed by atoms with Gasteiger partial charge in [0, 0.05) is 6.42 Å². The Balaban J connectivity index is 2.43. The molecule has 0 fully saturated rings. The summed E-state index contributed by atoms with van der Waals surface area (Å²) in [4.78, 5) is 14.7. The summed E-state index contributed by atoms with van der Waals surface area (Å²) >= 11 is 5.50. The van der Waals surface area contributed by atoms with Crippen molar-refractivity contribution in [2.24, 2.45) is 0 Å². The number of anilines is 1. The topological polar surface area (TPSA) is 42.0 Å². The normalized spacial score (nSPS) is 11.2. The first-order valence-corrected chi connectivity index (χ1v) is 4.73. The van der Waals surface area contributed by atoms with E-state index in [0.717, 1.165) is 0 Å². The molecule has 0 spiro atoms. The molecular formula is C9H8ClF3N2O. The van der Waals surface area contributed by atoms with Crippen molar-refractivity contribution in [1.82, 2.24) is 4.98 Å². The molecule has 0 saturated heterocycles. The zero-order chi connectivity index (χ0) is 12.2. The summed E-state index contributed by atoms with van der Waals surface area (Å²) < 4.78 is 35.4. The van der Waals surface area contributed by atoms with E-state index in [0.29, 0.717) is 5.69 Å². The fourth-order valence-corrected chi connectivity index (χ4v) is 1.04. The summed E-state index contributed by atoms with van der Waals surface area (Å²) in [5, 5.41) is 2.53. The van der Waals surface area contributed by atoms with Crippen LogP contribution in [0.5, 0.6) is 0 Å². The predicted molar refractivity (Wildman–Crippen MR) is 53.2 cm³/mol. The van der Waals surface area contributed by atoms with Crippen molar-refractivity contribution in [3.05, 3.63) is 23.5 Å². The summed E-state index contributed by atoms with van der Waals surface area (Å²) in [7, 11) is 0. The molecule has 1 aromatic rings. The van der Waals surface area contributed by atoms with Crippen molar-refractivity contribution in [3.8, 4) is 0 Å². The summed E-state index contributed by atoms with van der Waals surface area (Å²) in [6.07, 6.45) is -4.80. The van der Waals surface area contributed by atoms with Crippen LogP contribution in [0.15, 0.2) is 18.3 Å². The third kappa shape index (κ3) is 4.97. The minimum atomic E-state index is -4.32. The largest absolute Gasteiger partial charge is 0.389 e. The molecule has 1 heterocycles. The number of halogens is 4. The maximum absolute atomic E-state index is 11.8. The molecule has 0 aliphatic carbocycles. The number of pyridine rings is 1. The molecular weight excluding hydrogens is 245 g/mol. The second-order valence-corrected chi connectivity index (χ2v) is 3.42. The Morgan fingerprint density at radius 3 is 2.62 bits per heavy atom. The van der Waals surface area contributed by atoms with Crippen molar-refractivity contribution < 1.29 is 18.0 Å². The summed E-state index contributed by atoms with van der Waals surface area (Å²) in [6, 6.07) is 2.89. The van der Waals surface area contributed by atoms with E-state index < -0.39 is 24.9 Å². The third-order valence-corrected chi connectivity index (χ3v) is 1.87. The van der Waals surface area contributed by atoms with Crippen molar-refractivity contribution in [3.63, 3.8) is 0 Å². The molecule has 88 valence electrons. The Morgan fingerprint density at radius 1 is 1.44 bits per heavy atom. The van der Waals surface area contributed by atoms with Gasteiger partial charge in [0.05, 0.1) is 18.3 Å². The molecule has 1 amide bonds. The van der Waals surface area contributed by atoms with Crippen LogP contribution in [-0.2, 0) is 4.79 Å². The number of carbonyl (C=O) groups excluding carboxylic acids is 1. The van der Waals surface area contributed by atoms with Gasteiger partial charge in [-0.05, 0) is 12.1 Å². The Labute approximate surface area is 94.6 Å². The number of hydrogen-bond donors (Lipinski definition) is 1. The molecule has 0 aromatic carbocycles. The summed E-state index contributed by atoms with van der Waals surface area (Å²) in [5.41, 5.74) is 0.316. The number of amides is 1.